The van der Waals surface area contributed by atoms with E-state index in [0.717, 1.165) is 37.5 Å². The Morgan fingerprint density at radius 1 is 1.48 bits per heavy atom. The van der Waals surface area contributed by atoms with Crippen LogP contribution in [0.25, 0.3) is 0 Å². The van der Waals surface area contributed by atoms with Crippen molar-refractivity contribution in [1.82, 2.24) is 19.8 Å². The molecule has 1 unspecified atom stereocenters. The van der Waals surface area contributed by atoms with Crippen LogP contribution in [0.2, 0.25) is 0 Å². The van der Waals surface area contributed by atoms with Gasteiger partial charge in [0.2, 0.25) is 5.91 Å². The summed E-state index contributed by atoms with van der Waals surface area (Å²) in [6, 6.07) is 4.37. The second-order valence-corrected chi connectivity index (χ2v) is 6.91. The van der Waals surface area contributed by atoms with E-state index in [2.05, 4.69) is 17.2 Å². The van der Waals surface area contributed by atoms with Gasteiger partial charge in [0.25, 0.3) is 0 Å². The molecule has 0 radical (unpaired) electrons. The summed E-state index contributed by atoms with van der Waals surface area (Å²) in [4.78, 5) is 18.9. The summed E-state index contributed by atoms with van der Waals surface area (Å²) in [6.07, 6.45) is 8.00. The average molecular weight is 344 g/mol. The van der Waals surface area contributed by atoms with Crippen LogP contribution >= 0.6 is 0 Å². The van der Waals surface area contributed by atoms with Gasteiger partial charge in [-0.05, 0) is 32.4 Å². The molecule has 1 aliphatic heterocycles. The quantitative estimate of drug-likeness (QED) is 0.799. The monoisotopic (exact) mass is 344 g/mol. The molecule has 0 aromatic carbocycles. The van der Waals surface area contributed by atoms with Crippen LogP contribution in [-0.2, 0) is 18.3 Å². The number of carbonyl (C=O) groups excluding carboxylic acids is 1. The van der Waals surface area contributed by atoms with Crippen molar-refractivity contribution in [2.24, 2.45) is 13.0 Å². The van der Waals surface area contributed by atoms with Crippen LogP contribution in [-0.4, -0.2) is 39.5 Å². The predicted molar refractivity (Wildman–Crippen MR) is 95.9 cm³/mol. The summed E-state index contributed by atoms with van der Waals surface area (Å²) in [6.45, 7) is 5.77. The van der Waals surface area contributed by atoms with Gasteiger partial charge in [-0.3, -0.25) is 4.79 Å². The molecule has 2 aromatic rings. The van der Waals surface area contributed by atoms with Crippen molar-refractivity contribution >= 4 is 5.91 Å². The molecule has 1 N–H and O–H groups in total. The zero-order valence-corrected chi connectivity index (χ0v) is 15.3. The minimum atomic E-state index is 0.0577. The van der Waals surface area contributed by atoms with Gasteiger partial charge in [0, 0.05) is 57.3 Å². The Morgan fingerprint density at radius 2 is 2.32 bits per heavy atom. The zero-order chi connectivity index (χ0) is 17.8. The number of aromatic nitrogens is 2. The first-order valence-corrected chi connectivity index (χ1v) is 9.12. The van der Waals surface area contributed by atoms with E-state index in [1.165, 1.54) is 0 Å². The maximum Gasteiger partial charge on any atom is 0.223 e. The Balaban J connectivity index is 1.60. The van der Waals surface area contributed by atoms with E-state index in [4.69, 9.17) is 4.42 Å². The molecule has 3 atom stereocenters. The maximum atomic E-state index is 12.4. The number of hydrogen-bond donors (Lipinski definition) is 1. The molecule has 0 bridgehead atoms. The van der Waals surface area contributed by atoms with Crippen molar-refractivity contribution < 1.29 is 9.21 Å². The number of nitrogens with zero attached hydrogens (tertiary/aromatic N) is 3. The highest BCUT2D eigenvalue weighted by Crippen LogP contribution is 2.36. The number of hydrogen-bond acceptors (Lipinski definition) is 4. The van der Waals surface area contributed by atoms with Crippen LogP contribution < -0.4 is 5.32 Å². The fraction of sp³-hybridized carbons (Fsp3) is 0.579. The summed E-state index contributed by atoms with van der Waals surface area (Å²) in [5.41, 5.74) is 0. The van der Waals surface area contributed by atoms with Gasteiger partial charge in [-0.15, -0.1) is 0 Å². The molecular weight excluding hydrogens is 316 g/mol. The molecule has 1 fully saturated rings. The Bertz CT molecular complexity index is 679. The van der Waals surface area contributed by atoms with E-state index in [1.54, 1.807) is 6.26 Å². The second-order valence-electron chi connectivity index (χ2n) is 6.91. The normalized spacial score (nSPS) is 21.9. The van der Waals surface area contributed by atoms with Crippen LogP contribution in [0.1, 0.15) is 44.3 Å². The van der Waals surface area contributed by atoms with Crippen LogP contribution in [0.5, 0.6) is 0 Å². The average Bonchev–Trinajstić information content (AvgIpc) is 3.31. The molecule has 25 heavy (non-hydrogen) atoms. The van der Waals surface area contributed by atoms with Crippen LogP contribution in [0.3, 0.4) is 0 Å². The number of likely N-dealkylation sites (tertiary alicyclic amines) is 1. The van der Waals surface area contributed by atoms with Crippen molar-refractivity contribution in [2.45, 2.75) is 45.2 Å². The van der Waals surface area contributed by atoms with Gasteiger partial charge in [-0.25, -0.2) is 4.98 Å². The van der Waals surface area contributed by atoms with Crippen molar-refractivity contribution in [1.29, 1.82) is 0 Å². The third-order valence-electron chi connectivity index (χ3n) is 5.14. The first-order chi connectivity index (χ1) is 12.1. The standard InChI is InChI=1S/C19H28N4O2/c1-4-23-17(24)12-15(18(23)19-20-9-10-22(19)3)13-21-14(2)7-8-16-6-5-11-25-16/h5-6,9-11,14-15,18,21H,4,7-8,12-13H2,1-3H3/t14?,15-,18+/m0/s1. The topological polar surface area (TPSA) is 63.3 Å². The molecule has 2 aromatic heterocycles. The summed E-state index contributed by atoms with van der Waals surface area (Å²) >= 11 is 0. The third-order valence-corrected chi connectivity index (χ3v) is 5.14. The highest BCUT2D eigenvalue weighted by atomic mass is 16.3. The molecule has 0 aliphatic carbocycles. The first-order valence-electron chi connectivity index (χ1n) is 9.12. The zero-order valence-electron chi connectivity index (χ0n) is 15.3. The van der Waals surface area contributed by atoms with Crippen LogP contribution in [0.4, 0.5) is 0 Å². The van der Waals surface area contributed by atoms with E-state index < -0.39 is 0 Å². The summed E-state index contributed by atoms with van der Waals surface area (Å²) < 4.78 is 7.42. The van der Waals surface area contributed by atoms with Gasteiger partial charge < -0.3 is 19.2 Å². The minimum absolute atomic E-state index is 0.0577. The number of furan rings is 1. The summed E-state index contributed by atoms with van der Waals surface area (Å²) in [5, 5.41) is 3.61. The molecule has 3 rings (SSSR count). The summed E-state index contributed by atoms with van der Waals surface area (Å²) in [5.74, 6) is 2.47. The highest BCUT2D eigenvalue weighted by molar-refractivity contribution is 5.79. The predicted octanol–water partition coefficient (Wildman–Crippen LogP) is 2.53. The van der Waals surface area contributed by atoms with Crippen molar-refractivity contribution in [3.8, 4) is 0 Å². The molecule has 6 nitrogen and oxygen atoms in total. The van der Waals surface area contributed by atoms with Gasteiger partial charge in [-0.1, -0.05) is 0 Å². The maximum absolute atomic E-state index is 12.4. The lowest BCUT2D eigenvalue weighted by atomic mass is 9.98. The second kappa shape index (κ2) is 7.87. The number of rotatable bonds is 8. The lowest BCUT2D eigenvalue weighted by Crippen LogP contribution is -2.36. The van der Waals surface area contributed by atoms with E-state index in [-0.39, 0.29) is 17.9 Å². The summed E-state index contributed by atoms with van der Waals surface area (Å²) in [7, 11) is 2.00. The van der Waals surface area contributed by atoms with E-state index in [1.807, 2.05) is 48.0 Å². The molecule has 1 aliphatic rings. The molecular formula is C19H28N4O2. The fourth-order valence-electron chi connectivity index (χ4n) is 3.70. The number of nitrogens with one attached hydrogen (secondary N) is 1. The van der Waals surface area contributed by atoms with E-state index in [0.29, 0.717) is 12.5 Å². The van der Waals surface area contributed by atoms with Crippen LogP contribution in [0, 0.1) is 5.92 Å². The van der Waals surface area contributed by atoms with Gasteiger partial charge in [-0.2, -0.15) is 0 Å². The number of carbonyl (C=O) groups is 1. The minimum Gasteiger partial charge on any atom is -0.469 e. The SMILES string of the molecule is CCN1C(=O)C[C@@H](CNC(C)CCc2ccco2)[C@@H]1c1nccn1C. The van der Waals surface area contributed by atoms with Gasteiger partial charge >= 0.3 is 0 Å². The van der Waals surface area contributed by atoms with Crippen molar-refractivity contribution in [3.05, 3.63) is 42.4 Å². The molecule has 0 saturated carbocycles. The lowest BCUT2D eigenvalue weighted by Gasteiger charge is -2.27. The number of aryl methyl sites for hydroxylation is 2. The lowest BCUT2D eigenvalue weighted by molar-refractivity contribution is -0.128. The van der Waals surface area contributed by atoms with Crippen molar-refractivity contribution in [3.63, 3.8) is 0 Å². The number of amides is 1. The molecule has 1 saturated heterocycles. The highest BCUT2D eigenvalue weighted by Gasteiger charge is 2.41. The first kappa shape index (κ1) is 17.7. The van der Waals surface area contributed by atoms with E-state index >= 15 is 0 Å². The Labute approximate surface area is 149 Å². The van der Waals surface area contributed by atoms with Gasteiger partial charge in [0.05, 0.1) is 12.3 Å². The van der Waals surface area contributed by atoms with Crippen LogP contribution in [0.15, 0.2) is 35.2 Å². The smallest absolute Gasteiger partial charge is 0.223 e. The molecule has 136 valence electrons. The molecule has 0 spiro atoms. The largest absolute Gasteiger partial charge is 0.469 e. The van der Waals surface area contributed by atoms with E-state index in [9.17, 15) is 4.79 Å². The van der Waals surface area contributed by atoms with Gasteiger partial charge in [0.1, 0.15) is 11.6 Å². The Kier molecular flexibility index (Phi) is 5.58. The van der Waals surface area contributed by atoms with Crippen molar-refractivity contribution in [2.75, 3.05) is 13.1 Å². The Morgan fingerprint density at radius 3 is 2.96 bits per heavy atom. The molecule has 1 amide bonds. The Hall–Kier alpha value is -2.08. The fourth-order valence-corrected chi connectivity index (χ4v) is 3.70. The number of imidazole rings is 1. The van der Waals surface area contributed by atoms with Gasteiger partial charge in [0.15, 0.2) is 0 Å². The molecule has 6 heteroatoms. The molecule has 3 heterocycles. The third kappa shape index (κ3) is 3.95.